The molecule has 0 unspecified atom stereocenters. The first kappa shape index (κ1) is 29.6. The molecule has 1 aliphatic rings. The molecule has 224 valence electrons. The van der Waals surface area contributed by atoms with Crippen molar-refractivity contribution in [3.63, 3.8) is 0 Å². The number of likely N-dealkylation sites (tertiary alicyclic amines) is 1. The summed E-state index contributed by atoms with van der Waals surface area (Å²) in [6, 6.07) is 37.4. The molecule has 0 saturated carbocycles. The Morgan fingerprint density at radius 2 is 1.32 bits per heavy atom. The lowest BCUT2D eigenvalue weighted by Crippen LogP contribution is -2.42. The third-order valence-corrected chi connectivity index (χ3v) is 8.20. The summed E-state index contributed by atoms with van der Waals surface area (Å²) in [4.78, 5) is 19.5. The van der Waals surface area contributed by atoms with Crippen LogP contribution in [-0.2, 0) is 40.5 Å². The Morgan fingerprint density at radius 1 is 0.727 bits per heavy atom. The van der Waals surface area contributed by atoms with Gasteiger partial charge in [0.1, 0.15) is 24.6 Å². The molecular formula is C36H34N2O5S. The molecule has 7 nitrogen and oxygen atoms in total. The molecule has 0 bridgehead atoms. The summed E-state index contributed by atoms with van der Waals surface area (Å²) in [5, 5.41) is 0.730. The monoisotopic (exact) mass is 606 g/mol. The number of nitrogens with zero attached hydrogens (tertiary/aromatic N) is 2. The van der Waals surface area contributed by atoms with Crippen LogP contribution in [0.4, 0.5) is 4.79 Å². The third kappa shape index (κ3) is 7.90. The van der Waals surface area contributed by atoms with Gasteiger partial charge in [-0.3, -0.25) is 4.90 Å². The van der Waals surface area contributed by atoms with Gasteiger partial charge in [-0.25, -0.2) is 9.78 Å². The zero-order valence-electron chi connectivity index (χ0n) is 24.2. The number of carbonyl (C=O) groups excluding carboxylic acids is 1. The highest BCUT2D eigenvalue weighted by atomic mass is 32.1. The standard InChI is InChI=1S/C36H34N2O5S/c39-36(42-25-30-14-8-3-9-15-30)38-22-33(40-23-28-10-4-1-5-11-28)35(41-24-29-12-6-2-7-13-29)32(38)20-27-16-18-31(19-17-27)43-34-21-37-26-44-34/h1-19,21,26,32-33,35H,20,22-25H2/t32-,33+,35+/m1/s1. The molecule has 1 fully saturated rings. The van der Waals surface area contributed by atoms with Gasteiger partial charge in [-0.2, -0.15) is 0 Å². The van der Waals surface area contributed by atoms with Crippen molar-refractivity contribution in [3.05, 3.63) is 149 Å². The van der Waals surface area contributed by atoms with Gasteiger partial charge in [0.15, 0.2) is 0 Å². The molecule has 3 atom stereocenters. The van der Waals surface area contributed by atoms with Gasteiger partial charge in [-0.15, -0.1) is 0 Å². The van der Waals surface area contributed by atoms with E-state index in [0.29, 0.717) is 26.2 Å². The number of aromatic nitrogens is 1. The van der Waals surface area contributed by atoms with E-state index in [0.717, 1.165) is 33.1 Å². The lowest BCUT2D eigenvalue weighted by molar-refractivity contribution is -0.0707. The molecule has 0 spiro atoms. The van der Waals surface area contributed by atoms with Crippen molar-refractivity contribution in [1.29, 1.82) is 0 Å². The number of benzene rings is 4. The fraction of sp³-hybridized carbons (Fsp3) is 0.222. The Balaban J connectivity index is 1.23. The average Bonchev–Trinajstić information content (AvgIpc) is 3.71. The van der Waals surface area contributed by atoms with Crippen molar-refractivity contribution in [2.45, 2.75) is 44.5 Å². The highest BCUT2D eigenvalue weighted by Gasteiger charge is 2.46. The van der Waals surface area contributed by atoms with E-state index < -0.39 is 0 Å². The van der Waals surface area contributed by atoms with Crippen LogP contribution in [-0.4, -0.2) is 40.8 Å². The van der Waals surface area contributed by atoms with E-state index in [1.54, 1.807) is 16.6 Å². The van der Waals surface area contributed by atoms with Gasteiger partial charge in [0.2, 0.25) is 5.06 Å². The third-order valence-electron chi connectivity index (χ3n) is 7.55. The molecule has 2 heterocycles. The van der Waals surface area contributed by atoms with Gasteiger partial charge < -0.3 is 18.9 Å². The number of carbonyl (C=O) groups is 1. The van der Waals surface area contributed by atoms with Crippen molar-refractivity contribution in [2.75, 3.05) is 6.54 Å². The predicted octanol–water partition coefficient (Wildman–Crippen LogP) is 7.67. The molecule has 0 N–H and O–H groups in total. The maximum atomic E-state index is 13.7. The summed E-state index contributed by atoms with van der Waals surface area (Å²) in [6.07, 6.45) is 1.15. The van der Waals surface area contributed by atoms with E-state index in [-0.39, 0.29) is 30.9 Å². The fourth-order valence-corrected chi connectivity index (χ4v) is 5.80. The SMILES string of the molecule is O=C(OCc1ccccc1)N1C[C@H](OCc2ccccc2)[C@@H](OCc2ccccc2)[C@H]1Cc1ccc(Oc2cncs2)cc1. The molecule has 1 aliphatic heterocycles. The molecular weight excluding hydrogens is 572 g/mol. The quantitative estimate of drug-likeness (QED) is 0.145. The molecule has 4 aromatic carbocycles. The van der Waals surface area contributed by atoms with Gasteiger partial charge in [-0.05, 0) is 40.8 Å². The molecule has 1 aromatic heterocycles. The number of hydrogen-bond acceptors (Lipinski definition) is 7. The summed E-state index contributed by atoms with van der Waals surface area (Å²) in [7, 11) is 0. The second kappa shape index (κ2) is 14.8. The second-order valence-electron chi connectivity index (χ2n) is 10.6. The fourth-order valence-electron chi connectivity index (χ4n) is 5.31. The topological polar surface area (TPSA) is 70.1 Å². The van der Waals surface area contributed by atoms with E-state index in [9.17, 15) is 4.79 Å². The summed E-state index contributed by atoms with van der Waals surface area (Å²) in [6.45, 7) is 1.37. The maximum Gasteiger partial charge on any atom is 0.410 e. The number of rotatable bonds is 12. The summed E-state index contributed by atoms with van der Waals surface area (Å²) in [5.74, 6) is 0.726. The molecule has 0 radical (unpaired) electrons. The summed E-state index contributed by atoms with van der Waals surface area (Å²) >= 11 is 1.44. The van der Waals surface area contributed by atoms with Crippen LogP contribution < -0.4 is 4.74 Å². The molecule has 1 saturated heterocycles. The van der Waals surface area contributed by atoms with Gasteiger partial charge in [0.25, 0.3) is 0 Å². The second-order valence-corrected chi connectivity index (χ2v) is 11.5. The predicted molar refractivity (Wildman–Crippen MR) is 169 cm³/mol. The Bertz CT molecular complexity index is 1570. The van der Waals surface area contributed by atoms with E-state index in [2.05, 4.69) is 4.98 Å². The lowest BCUT2D eigenvalue weighted by Gasteiger charge is -2.28. The molecule has 1 amide bonds. The zero-order chi connectivity index (χ0) is 30.0. The van der Waals surface area contributed by atoms with E-state index in [4.69, 9.17) is 18.9 Å². The zero-order valence-corrected chi connectivity index (χ0v) is 25.1. The molecule has 0 aliphatic carbocycles. The van der Waals surface area contributed by atoms with Gasteiger partial charge in [-0.1, -0.05) is 114 Å². The number of amides is 1. The van der Waals surface area contributed by atoms with Gasteiger partial charge in [0.05, 0.1) is 37.5 Å². The first-order chi connectivity index (χ1) is 21.7. The molecule has 5 aromatic rings. The minimum absolute atomic E-state index is 0.192. The minimum atomic E-state index is -0.386. The van der Waals surface area contributed by atoms with Gasteiger partial charge >= 0.3 is 6.09 Å². The Morgan fingerprint density at radius 3 is 1.91 bits per heavy atom. The van der Waals surface area contributed by atoms with Crippen LogP contribution in [0.1, 0.15) is 22.3 Å². The smallest absolute Gasteiger partial charge is 0.410 e. The van der Waals surface area contributed by atoms with Crippen LogP contribution in [0.3, 0.4) is 0 Å². The van der Waals surface area contributed by atoms with Crippen LogP contribution in [0.15, 0.2) is 127 Å². The van der Waals surface area contributed by atoms with Crippen LogP contribution in [0.2, 0.25) is 0 Å². The van der Waals surface area contributed by atoms with Crippen molar-refractivity contribution < 1.29 is 23.7 Å². The Labute approximate surface area is 261 Å². The first-order valence-electron chi connectivity index (χ1n) is 14.6. The van der Waals surface area contributed by atoms with Crippen molar-refractivity contribution in [1.82, 2.24) is 9.88 Å². The van der Waals surface area contributed by atoms with Crippen molar-refractivity contribution in [3.8, 4) is 10.8 Å². The average molecular weight is 607 g/mol. The maximum absolute atomic E-state index is 13.7. The molecule has 8 heteroatoms. The summed E-state index contributed by atoms with van der Waals surface area (Å²) < 4.78 is 24.8. The number of ether oxygens (including phenoxy) is 4. The van der Waals surface area contributed by atoms with Crippen LogP contribution in [0.5, 0.6) is 10.8 Å². The van der Waals surface area contributed by atoms with Crippen LogP contribution in [0.25, 0.3) is 0 Å². The lowest BCUT2D eigenvalue weighted by atomic mass is 10.0. The Kier molecular flexibility index (Phi) is 9.94. The van der Waals surface area contributed by atoms with Crippen LogP contribution >= 0.6 is 11.3 Å². The van der Waals surface area contributed by atoms with E-state index in [1.807, 2.05) is 115 Å². The van der Waals surface area contributed by atoms with Gasteiger partial charge in [0, 0.05) is 0 Å². The van der Waals surface area contributed by atoms with E-state index in [1.165, 1.54) is 11.3 Å². The first-order valence-corrected chi connectivity index (χ1v) is 15.5. The number of hydrogen-bond donors (Lipinski definition) is 0. The summed E-state index contributed by atoms with van der Waals surface area (Å²) in [5.41, 5.74) is 5.84. The van der Waals surface area contributed by atoms with Crippen molar-refractivity contribution >= 4 is 17.4 Å². The number of thiazole rings is 1. The largest absolute Gasteiger partial charge is 0.445 e. The Hall–Kier alpha value is -4.50. The molecule has 44 heavy (non-hydrogen) atoms. The minimum Gasteiger partial charge on any atom is -0.445 e. The van der Waals surface area contributed by atoms with Crippen LogP contribution in [0, 0.1) is 0 Å². The molecule has 6 rings (SSSR count). The van der Waals surface area contributed by atoms with Crippen molar-refractivity contribution in [2.24, 2.45) is 0 Å². The highest BCUT2D eigenvalue weighted by Crippen LogP contribution is 2.31. The normalized spacial score (nSPS) is 17.8. The highest BCUT2D eigenvalue weighted by molar-refractivity contribution is 7.11. The van der Waals surface area contributed by atoms with E-state index >= 15 is 0 Å².